The maximum atomic E-state index is 14.0. The first-order chi connectivity index (χ1) is 16.8. The molecule has 0 aliphatic carbocycles. The van der Waals surface area contributed by atoms with Gasteiger partial charge >= 0.3 is 0 Å². The van der Waals surface area contributed by atoms with Crippen molar-refractivity contribution in [2.45, 2.75) is 70.0 Å². The summed E-state index contributed by atoms with van der Waals surface area (Å²) in [6.07, 6.45) is 4.57. The number of hydrogen-bond donors (Lipinski definition) is 2. The van der Waals surface area contributed by atoms with Crippen LogP contribution in [0.2, 0.25) is 5.02 Å². The molecule has 35 heavy (non-hydrogen) atoms. The van der Waals surface area contributed by atoms with Gasteiger partial charge in [-0.05, 0) is 42.9 Å². The number of aromatic nitrogens is 2. The number of allylic oxidation sites excluding steroid dienone is 1. The van der Waals surface area contributed by atoms with Gasteiger partial charge in [-0.25, -0.2) is 9.97 Å². The van der Waals surface area contributed by atoms with Crippen LogP contribution >= 0.6 is 11.6 Å². The van der Waals surface area contributed by atoms with Gasteiger partial charge in [-0.15, -0.1) is 0 Å². The number of carbonyl (C=O) groups excluding carboxylic acids is 1. The highest BCUT2D eigenvalue weighted by Gasteiger charge is 2.45. The van der Waals surface area contributed by atoms with Gasteiger partial charge in [-0.2, -0.15) is 0 Å². The summed E-state index contributed by atoms with van der Waals surface area (Å²) < 4.78 is 0. The third-order valence-corrected chi connectivity index (χ3v) is 7.79. The molecule has 4 atom stereocenters. The predicted molar refractivity (Wildman–Crippen MR) is 141 cm³/mol. The number of halogens is 1. The van der Waals surface area contributed by atoms with Crippen molar-refractivity contribution >= 4 is 29.1 Å². The van der Waals surface area contributed by atoms with Crippen LogP contribution in [0.15, 0.2) is 42.9 Å². The number of benzene rings is 1. The number of anilines is 2. The minimum Gasteiger partial charge on any atom is -0.352 e. The molecule has 0 spiro atoms. The highest BCUT2D eigenvalue weighted by molar-refractivity contribution is 6.30. The molecule has 2 fully saturated rings. The fourth-order valence-corrected chi connectivity index (χ4v) is 6.02. The first-order valence-electron chi connectivity index (χ1n) is 12.7. The van der Waals surface area contributed by atoms with Gasteiger partial charge < -0.3 is 20.4 Å². The van der Waals surface area contributed by atoms with Crippen LogP contribution in [0.5, 0.6) is 0 Å². The zero-order chi connectivity index (χ0) is 24.7. The standard InChI is InChI=1S/C27H35ClN6O/c1-16(2)29-12-23(19-5-7-20(28)8-6-19)27(35)34-21-9-10-22(34)14-33(13-21)26-24-17(3)11-18(4)32-25(24)30-15-31-26/h5-8,15-17,21-23,29H,4,9-14H2,1-3H3,(H,30,31,32)/t17-,21?,22?,23-/m1/s1. The van der Waals surface area contributed by atoms with Crippen molar-refractivity contribution < 1.29 is 4.79 Å². The molecule has 2 N–H and O–H groups in total. The van der Waals surface area contributed by atoms with Crippen molar-refractivity contribution in [1.82, 2.24) is 20.2 Å². The minimum atomic E-state index is -0.230. The van der Waals surface area contributed by atoms with E-state index in [0.29, 0.717) is 23.5 Å². The molecule has 3 aliphatic heterocycles. The van der Waals surface area contributed by atoms with E-state index in [2.05, 4.69) is 52.8 Å². The van der Waals surface area contributed by atoms with E-state index in [0.717, 1.165) is 55.2 Å². The number of nitrogens with zero attached hydrogens (tertiary/aromatic N) is 4. The van der Waals surface area contributed by atoms with E-state index < -0.39 is 0 Å². The van der Waals surface area contributed by atoms with Crippen LogP contribution in [0.3, 0.4) is 0 Å². The maximum Gasteiger partial charge on any atom is 0.232 e. The summed E-state index contributed by atoms with van der Waals surface area (Å²) in [6, 6.07) is 8.40. The summed E-state index contributed by atoms with van der Waals surface area (Å²) in [5, 5.41) is 7.51. The normalized spacial score (nSPS) is 24.4. The zero-order valence-electron chi connectivity index (χ0n) is 20.8. The van der Waals surface area contributed by atoms with Crippen LogP contribution in [-0.4, -0.2) is 58.5 Å². The number of hydrogen-bond acceptors (Lipinski definition) is 6. The number of fused-ring (bicyclic) bond motifs is 3. The molecule has 5 rings (SSSR count). The van der Waals surface area contributed by atoms with Crippen molar-refractivity contribution in [3.63, 3.8) is 0 Å². The summed E-state index contributed by atoms with van der Waals surface area (Å²) in [6.45, 7) is 12.7. The van der Waals surface area contributed by atoms with E-state index >= 15 is 0 Å². The second kappa shape index (κ2) is 9.78. The molecule has 0 saturated carbocycles. The summed E-state index contributed by atoms with van der Waals surface area (Å²) in [5.41, 5.74) is 3.17. The summed E-state index contributed by atoms with van der Waals surface area (Å²) in [4.78, 5) is 27.8. The van der Waals surface area contributed by atoms with Crippen molar-refractivity contribution in [1.29, 1.82) is 0 Å². The van der Waals surface area contributed by atoms with Crippen LogP contribution in [0.25, 0.3) is 0 Å². The molecule has 2 unspecified atom stereocenters. The fraction of sp³-hybridized carbons (Fsp3) is 0.519. The Morgan fingerprint density at radius 2 is 1.89 bits per heavy atom. The van der Waals surface area contributed by atoms with Gasteiger partial charge in [0.25, 0.3) is 0 Å². The van der Waals surface area contributed by atoms with Gasteiger partial charge in [0.05, 0.1) is 5.92 Å². The number of rotatable bonds is 6. The number of piperazine rings is 1. The number of nitrogens with one attached hydrogen (secondary N) is 2. The molecule has 186 valence electrons. The molecule has 1 aromatic heterocycles. The molecule has 3 aliphatic rings. The lowest BCUT2D eigenvalue weighted by molar-refractivity contribution is -0.136. The molecular weight excluding hydrogens is 460 g/mol. The average Bonchev–Trinajstić information content (AvgIpc) is 3.08. The third kappa shape index (κ3) is 4.76. The molecule has 2 bridgehead atoms. The van der Waals surface area contributed by atoms with Crippen molar-refractivity contribution in [2.75, 3.05) is 29.9 Å². The van der Waals surface area contributed by atoms with E-state index in [1.54, 1.807) is 6.33 Å². The lowest BCUT2D eigenvalue weighted by Gasteiger charge is -2.44. The first-order valence-corrected chi connectivity index (χ1v) is 13.0. The van der Waals surface area contributed by atoms with Crippen molar-refractivity contribution in [2.24, 2.45) is 0 Å². The highest BCUT2D eigenvalue weighted by Crippen LogP contribution is 2.41. The molecule has 2 saturated heterocycles. The summed E-state index contributed by atoms with van der Waals surface area (Å²) >= 11 is 6.14. The molecule has 1 amide bonds. The lowest BCUT2D eigenvalue weighted by atomic mass is 9.92. The largest absolute Gasteiger partial charge is 0.352 e. The minimum absolute atomic E-state index is 0.183. The third-order valence-electron chi connectivity index (χ3n) is 7.54. The van der Waals surface area contributed by atoms with E-state index in [9.17, 15) is 4.79 Å². The molecule has 4 heterocycles. The van der Waals surface area contributed by atoms with Gasteiger partial charge in [0.2, 0.25) is 5.91 Å². The van der Waals surface area contributed by atoms with Crippen LogP contribution in [0.1, 0.15) is 63.0 Å². The van der Waals surface area contributed by atoms with E-state index in [-0.39, 0.29) is 23.9 Å². The Labute approximate surface area is 213 Å². The predicted octanol–water partition coefficient (Wildman–Crippen LogP) is 4.52. The quantitative estimate of drug-likeness (QED) is 0.615. The second-order valence-electron chi connectivity index (χ2n) is 10.5. The van der Waals surface area contributed by atoms with Crippen LogP contribution in [-0.2, 0) is 4.79 Å². The molecule has 1 aromatic carbocycles. The maximum absolute atomic E-state index is 14.0. The van der Waals surface area contributed by atoms with Gasteiger partial charge in [0, 0.05) is 54.0 Å². The van der Waals surface area contributed by atoms with E-state index in [1.165, 1.54) is 5.56 Å². The Balaban J connectivity index is 1.39. The average molecular weight is 495 g/mol. The molecule has 7 nitrogen and oxygen atoms in total. The van der Waals surface area contributed by atoms with E-state index in [1.807, 2.05) is 24.3 Å². The Morgan fingerprint density at radius 3 is 2.54 bits per heavy atom. The Hall–Kier alpha value is -2.64. The number of amides is 1. The molecule has 0 radical (unpaired) electrons. The highest BCUT2D eigenvalue weighted by atomic mass is 35.5. The van der Waals surface area contributed by atoms with E-state index in [4.69, 9.17) is 16.6 Å². The lowest BCUT2D eigenvalue weighted by Crippen LogP contribution is -2.58. The monoisotopic (exact) mass is 494 g/mol. The Bertz CT molecular complexity index is 1090. The van der Waals surface area contributed by atoms with Crippen molar-refractivity contribution in [3.05, 3.63) is 59.0 Å². The Morgan fingerprint density at radius 1 is 1.20 bits per heavy atom. The zero-order valence-corrected chi connectivity index (χ0v) is 21.6. The smallest absolute Gasteiger partial charge is 0.232 e. The summed E-state index contributed by atoms with van der Waals surface area (Å²) in [7, 11) is 0. The van der Waals surface area contributed by atoms with Crippen molar-refractivity contribution in [3.8, 4) is 0 Å². The van der Waals surface area contributed by atoms with Gasteiger partial charge in [0.15, 0.2) is 0 Å². The number of carbonyl (C=O) groups is 1. The first kappa shape index (κ1) is 24.1. The van der Waals surface area contributed by atoms with Gasteiger partial charge in [-0.3, -0.25) is 4.79 Å². The molecule has 8 heteroatoms. The van der Waals surface area contributed by atoms with Crippen LogP contribution in [0, 0.1) is 0 Å². The summed E-state index contributed by atoms with van der Waals surface area (Å²) in [5.74, 6) is 2.16. The van der Waals surface area contributed by atoms with Gasteiger partial charge in [0.1, 0.15) is 18.0 Å². The van der Waals surface area contributed by atoms with Crippen LogP contribution in [0.4, 0.5) is 11.6 Å². The van der Waals surface area contributed by atoms with Gasteiger partial charge in [-0.1, -0.05) is 51.1 Å². The van der Waals surface area contributed by atoms with Crippen LogP contribution < -0.4 is 15.5 Å². The fourth-order valence-electron chi connectivity index (χ4n) is 5.89. The SMILES string of the molecule is C=C1C[C@@H](C)c2c(ncnc2N2CC3CCC(C2)N3C(=O)[C@H](CNC(C)C)c2ccc(Cl)cc2)N1. The topological polar surface area (TPSA) is 73.4 Å². The Kier molecular flexibility index (Phi) is 6.73. The molecular formula is C27H35ClN6O. The molecule has 2 aromatic rings. The second-order valence-corrected chi connectivity index (χ2v) is 10.9.